The van der Waals surface area contributed by atoms with Gasteiger partial charge in [-0.3, -0.25) is 14.5 Å². The second-order valence-corrected chi connectivity index (χ2v) is 5.35. The zero-order valence-electron chi connectivity index (χ0n) is 12.4. The highest BCUT2D eigenvalue weighted by molar-refractivity contribution is 6.06. The van der Waals surface area contributed by atoms with E-state index in [1.165, 1.54) is 4.90 Å². The fraction of sp³-hybridized carbons (Fsp3) is 0.222. The van der Waals surface area contributed by atoms with Crippen molar-refractivity contribution in [1.82, 2.24) is 4.90 Å². The fourth-order valence-electron chi connectivity index (χ4n) is 2.74. The maximum atomic E-state index is 12.5. The Morgan fingerprint density at radius 1 is 1.09 bits per heavy atom. The Morgan fingerprint density at radius 2 is 1.77 bits per heavy atom. The van der Waals surface area contributed by atoms with E-state index in [2.05, 4.69) is 0 Å². The lowest BCUT2D eigenvalue weighted by atomic mass is 9.98. The molecule has 0 aromatic heterocycles. The number of likely N-dealkylation sites (tertiary alicyclic amines) is 1. The number of carbonyl (C=O) groups excluding carboxylic acids is 2. The molecule has 22 heavy (non-hydrogen) atoms. The van der Waals surface area contributed by atoms with Crippen molar-refractivity contribution in [3.05, 3.63) is 65.7 Å². The first-order valence-corrected chi connectivity index (χ1v) is 7.22. The summed E-state index contributed by atoms with van der Waals surface area (Å²) in [5.41, 5.74) is 1.60. The lowest BCUT2D eigenvalue weighted by molar-refractivity contribution is -0.125. The Labute approximate surface area is 129 Å². The summed E-state index contributed by atoms with van der Waals surface area (Å²) in [5, 5.41) is 0. The minimum atomic E-state index is -0.244. The van der Waals surface area contributed by atoms with Crippen LogP contribution in [0.5, 0.6) is 5.75 Å². The molecule has 2 aromatic rings. The molecule has 1 heterocycles. The van der Waals surface area contributed by atoms with Crippen LogP contribution in [0.3, 0.4) is 0 Å². The molecule has 2 amide bonds. The van der Waals surface area contributed by atoms with Gasteiger partial charge in [-0.2, -0.15) is 0 Å². The van der Waals surface area contributed by atoms with E-state index in [0.717, 1.165) is 5.56 Å². The second-order valence-electron chi connectivity index (χ2n) is 5.35. The topological polar surface area (TPSA) is 46.6 Å². The van der Waals surface area contributed by atoms with Crippen molar-refractivity contribution in [3.8, 4) is 5.75 Å². The zero-order valence-corrected chi connectivity index (χ0v) is 12.4. The molecule has 0 N–H and O–H groups in total. The summed E-state index contributed by atoms with van der Waals surface area (Å²) in [7, 11) is 1.57. The van der Waals surface area contributed by atoms with Gasteiger partial charge in [-0.05, 0) is 29.8 Å². The molecule has 1 aliphatic rings. The van der Waals surface area contributed by atoms with Crippen molar-refractivity contribution in [1.29, 1.82) is 0 Å². The van der Waals surface area contributed by atoms with Crippen LogP contribution in [0.1, 0.15) is 28.3 Å². The van der Waals surface area contributed by atoms with Gasteiger partial charge in [0.15, 0.2) is 0 Å². The standard InChI is InChI=1S/C18H17NO3/c1-22-16-9-7-14(8-10-16)18(21)19-12-15(11-17(19)20)13-5-3-2-4-6-13/h2-10,15H,11-12H2,1H3. The van der Waals surface area contributed by atoms with Gasteiger partial charge < -0.3 is 4.74 Å². The molecule has 1 aliphatic heterocycles. The Morgan fingerprint density at radius 3 is 2.41 bits per heavy atom. The van der Waals surface area contributed by atoms with Crippen LogP contribution < -0.4 is 4.74 Å². The van der Waals surface area contributed by atoms with Gasteiger partial charge in [0.2, 0.25) is 5.91 Å². The summed E-state index contributed by atoms with van der Waals surface area (Å²) in [6.45, 7) is 0.438. The van der Waals surface area contributed by atoms with E-state index in [-0.39, 0.29) is 17.7 Å². The Hall–Kier alpha value is -2.62. The van der Waals surface area contributed by atoms with E-state index in [9.17, 15) is 9.59 Å². The van der Waals surface area contributed by atoms with Crippen molar-refractivity contribution >= 4 is 11.8 Å². The number of amides is 2. The number of benzene rings is 2. The SMILES string of the molecule is COc1ccc(C(=O)N2CC(c3ccccc3)CC2=O)cc1. The van der Waals surface area contributed by atoms with Crippen LogP contribution in [0.15, 0.2) is 54.6 Å². The monoisotopic (exact) mass is 295 g/mol. The molecule has 1 fully saturated rings. The predicted octanol–water partition coefficient (Wildman–Crippen LogP) is 2.85. The Kier molecular flexibility index (Phi) is 3.92. The highest BCUT2D eigenvalue weighted by Gasteiger charge is 2.34. The molecule has 0 radical (unpaired) electrons. The van der Waals surface area contributed by atoms with Gasteiger partial charge >= 0.3 is 0 Å². The molecular formula is C18H17NO3. The normalized spacial score (nSPS) is 17.6. The smallest absolute Gasteiger partial charge is 0.260 e. The van der Waals surface area contributed by atoms with Crippen LogP contribution in [-0.4, -0.2) is 30.4 Å². The van der Waals surface area contributed by atoms with E-state index < -0.39 is 0 Å². The summed E-state index contributed by atoms with van der Waals surface area (Å²) in [4.78, 5) is 26.0. The number of hydrogen-bond acceptors (Lipinski definition) is 3. The van der Waals surface area contributed by atoms with Crippen molar-refractivity contribution < 1.29 is 14.3 Å². The first-order chi connectivity index (χ1) is 10.7. The lowest BCUT2D eigenvalue weighted by Crippen LogP contribution is -2.32. The molecule has 3 rings (SSSR count). The second kappa shape index (κ2) is 6.02. The Balaban J connectivity index is 1.77. The minimum absolute atomic E-state index is 0.0795. The Bertz CT molecular complexity index is 679. The van der Waals surface area contributed by atoms with Gasteiger partial charge in [-0.15, -0.1) is 0 Å². The third kappa shape index (κ3) is 2.72. The van der Waals surface area contributed by atoms with E-state index >= 15 is 0 Å². The molecule has 1 unspecified atom stereocenters. The van der Waals surface area contributed by atoms with Gasteiger partial charge in [0.25, 0.3) is 5.91 Å². The number of ether oxygens (including phenoxy) is 1. The van der Waals surface area contributed by atoms with Crippen molar-refractivity contribution in [2.45, 2.75) is 12.3 Å². The van der Waals surface area contributed by atoms with E-state index in [1.54, 1.807) is 31.4 Å². The van der Waals surface area contributed by atoms with Gasteiger partial charge in [0, 0.05) is 24.4 Å². The van der Waals surface area contributed by atoms with Crippen LogP contribution in [-0.2, 0) is 4.79 Å². The summed E-state index contributed by atoms with van der Waals surface area (Å²) in [6, 6.07) is 16.7. The highest BCUT2D eigenvalue weighted by Crippen LogP contribution is 2.29. The zero-order chi connectivity index (χ0) is 15.5. The van der Waals surface area contributed by atoms with Crippen molar-refractivity contribution in [2.75, 3.05) is 13.7 Å². The van der Waals surface area contributed by atoms with Crippen molar-refractivity contribution in [3.63, 3.8) is 0 Å². The maximum absolute atomic E-state index is 12.5. The van der Waals surface area contributed by atoms with Crippen LogP contribution in [0.25, 0.3) is 0 Å². The average Bonchev–Trinajstić information content (AvgIpc) is 2.97. The fourth-order valence-corrected chi connectivity index (χ4v) is 2.74. The molecule has 1 atom stereocenters. The maximum Gasteiger partial charge on any atom is 0.260 e. The minimum Gasteiger partial charge on any atom is -0.497 e. The van der Waals surface area contributed by atoms with E-state index in [0.29, 0.717) is 24.3 Å². The first-order valence-electron chi connectivity index (χ1n) is 7.22. The summed E-state index contributed by atoms with van der Waals surface area (Å²) < 4.78 is 5.08. The molecule has 0 spiro atoms. The summed E-state index contributed by atoms with van der Waals surface area (Å²) >= 11 is 0. The molecule has 4 nitrogen and oxygen atoms in total. The molecule has 0 aliphatic carbocycles. The number of imide groups is 1. The van der Waals surface area contributed by atoms with Crippen LogP contribution >= 0.6 is 0 Å². The third-order valence-electron chi connectivity index (χ3n) is 3.98. The predicted molar refractivity (Wildman–Crippen MR) is 82.8 cm³/mol. The third-order valence-corrected chi connectivity index (χ3v) is 3.98. The van der Waals surface area contributed by atoms with E-state index in [1.807, 2.05) is 30.3 Å². The van der Waals surface area contributed by atoms with Gasteiger partial charge in [0.1, 0.15) is 5.75 Å². The highest BCUT2D eigenvalue weighted by atomic mass is 16.5. The average molecular weight is 295 g/mol. The van der Waals surface area contributed by atoms with Crippen LogP contribution in [0.2, 0.25) is 0 Å². The summed E-state index contributed by atoms with van der Waals surface area (Å²) in [5.74, 6) is 0.406. The molecule has 112 valence electrons. The van der Waals surface area contributed by atoms with Gasteiger partial charge in [-0.25, -0.2) is 0 Å². The molecular weight excluding hydrogens is 278 g/mol. The molecule has 0 bridgehead atoms. The van der Waals surface area contributed by atoms with Gasteiger partial charge in [-0.1, -0.05) is 30.3 Å². The largest absolute Gasteiger partial charge is 0.497 e. The van der Waals surface area contributed by atoms with Crippen LogP contribution in [0, 0.1) is 0 Å². The molecule has 4 heteroatoms. The lowest BCUT2D eigenvalue weighted by Gasteiger charge is -2.15. The molecule has 1 saturated heterocycles. The van der Waals surface area contributed by atoms with Crippen molar-refractivity contribution in [2.24, 2.45) is 0 Å². The number of rotatable bonds is 3. The summed E-state index contributed by atoms with van der Waals surface area (Å²) in [6.07, 6.45) is 0.381. The number of nitrogens with zero attached hydrogens (tertiary/aromatic N) is 1. The number of hydrogen-bond donors (Lipinski definition) is 0. The molecule has 0 saturated carbocycles. The molecule has 2 aromatic carbocycles. The quantitative estimate of drug-likeness (QED) is 0.818. The van der Waals surface area contributed by atoms with E-state index in [4.69, 9.17) is 4.74 Å². The first kappa shape index (κ1) is 14.3. The number of methoxy groups -OCH3 is 1. The van der Waals surface area contributed by atoms with Crippen LogP contribution in [0.4, 0.5) is 0 Å². The van der Waals surface area contributed by atoms with Gasteiger partial charge in [0.05, 0.1) is 7.11 Å². The number of carbonyl (C=O) groups is 2.